The summed E-state index contributed by atoms with van der Waals surface area (Å²) in [4.78, 5) is 44.3. The smallest absolute Gasteiger partial charge is 0.258 e. The van der Waals surface area contributed by atoms with E-state index in [0.29, 0.717) is 17.8 Å². The number of nitrogens with one attached hydrogen (secondary N) is 3. The Kier molecular flexibility index (Phi) is 4.48. The van der Waals surface area contributed by atoms with Gasteiger partial charge < -0.3 is 25.4 Å². The van der Waals surface area contributed by atoms with Gasteiger partial charge in [0, 0.05) is 61.7 Å². The summed E-state index contributed by atoms with van der Waals surface area (Å²) in [5.41, 5.74) is 3.74. The zero-order valence-corrected chi connectivity index (χ0v) is 18.8. The Balaban J connectivity index is 1.58. The van der Waals surface area contributed by atoms with Crippen molar-refractivity contribution >= 4 is 34.7 Å². The first-order valence-corrected chi connectivity index (χ1v) is 11.0. The average molecular weight is 462 g/mol. The number of aryl methyl sites for hydroxylation is 1. The van der Waals surface area contributed by atoms with Gasteiger partial charge in [-0.25, -0.2) is 4.98 Å². The number of amides is 2. The fourth-order valence-corrected chi connectivity index (χ4v) is 4.27. The summed E-state index contributed by atoms with van der Waals surface area (Å²) in [5, 5.41) is 7.98. The summed E-state index contributed by atoms with van der Waals surface area (Å²) < 4.78 is 23.8. The molecule has 34 heavy (non-hydrogen) atoms. The first-order chi connectivity index (χ1) is 17.5. The van der Waals surface area contributed by atoms with Gasteiger partial charge in [-0.1, -0.05) is 12.1 Å². The van der Waals surface area contributed by atoms with E-state index in [2.05, 4.69) is 15.6 Å². The standard InChI is InChI=1S/C25H26N6O3/c1-26-24(33)17-12-27-20(29-23(32)14-7-8-14)11-19(17)28-18-6-4-5-16-21-15(13-31(3)22(16)18)9-10-30(2)25(21)34/h4-6,9-12,14H,7-8,13H2,1-3H3,(H,26,33)(H2,27,28,29,32)/i1D3. The summed E-state index contributed by atoms with van der Waals surface area (Å²) in [6.45, 7) is -2.19. The van der Waals surface area contributed by atoms with Gasteiger partial charge in [-0.2, -0.15) is 0 Å². The molecular weight excluding hydrogens is 432 g/mol. The highest BCUT2D eigenvalue weighted by atomic mass is 16.2. The molecule has 3 heterocycles. The van der Waals surface area contributed by atoms with Crippen molar-refractivity contribution in [2.45, 2.75) is 19.4 Å². The van der Waals surface area contributed by atoms with Crippen LogP contribution in [0, 0.1) is 5.92 Å². The molecule has 5 rings (SSSR count). The van der Waals surface area contributed by atoms with Crippen LogP contribution in [0.4, 0.5) is 22.9 Å². The van der Waals surface area contributed by atoms with Crippen molar-refractivity contribution in [2.24, 2.45) is 13.0 Å². The summed E-state index contributed by atoms with van der Waals surface area (Å²) in [6, 6.07) is 8.90. The molecule has 0 saturated heterocycles. The van der Waals surface area contributed by atoms with Crippen LogP contribution in [0.3, 0.4) is 0 Å². The highest BCUT2D eigenvalue weighted by molar-refractivity contribution is 6.02. The molecule has 174 valence electrons. The van der Waals surface area contributed by atoms with Crippen molar-refractivity contribution in [3.05, 3.63) is 64.2 Å². The maximum absolute atomic E-state index is 13.0. The number of nitrogens with zero attached hydrogens (tertiary/aromatic N) is 3. The fourth-order valence-electron chi connectivity index (χ4n) is 4.27. The Morgan fingerprint density at radius 2 is 2.00 bits per heavy atom. The lowest BCUT2D eigenvalue weighted by atomic mass is 9.94. The molecule has 1 saturated carbocycles. The number of hydrogen-bond donors (Lipinski definition) is 3. The van der Waals surface area contributed by atoms with Crippen LogP contribution in [0.1, 0.15) is 32.9 Å². The van der Waals surface area contributed by atoms with Crippen LogP contribution in [0.5, 0.6) is 0 Å². The first kappa shape index (κ1) is 18.3. The van der Waals surface area contributed by atoms with Crippen molar-refractivity contribution < 1.29 is 13.7 Å². The molecule has 1 aromatic carbocycles. The minimum absolute atomic E-state index is 0.00655. The quantitative estimate of drug-likeness (QED) is 0.539. The number of fused-ring (bicyclic) bond motifs is 3. The number of anilines is 4. The Hall–Kier alpha value is -4.14. The maximum Gasteiger partial charge on any atom is 0.258 e. The fraction of sp³-hybridized carbons (Fsp3) is 0.280. The first-order valence-electron chi connectivity index (χ1n) is 12.5. The van der Waals surface area contributed by atoms with Gasteiger partial charge in [0.2, 0.25) is 5.91 Å². The SMILES string of the molecule is [2H]C([2H])([2H])NC(=O)c1cnc(NC(=O)C2CC2)cc1Nc1cccc2c1N(C)Cc1ccn(C)c(=O)c1-2. The molecule has 0 radical (unpaired) electrons. The van der Waals surface area contributed by atoms with E-state index in [9.17, 15) is 14.4 Å². The van der Waals surface area contributed by atoms with Crippen LogP contribution in [-0.2, 0) is 18.4 Å². The molecule has 9 heteroatoms. The Bertz CT molecular complexity index is 1480. The molecule has 2 aromatic heterocycles. The number of rotatable bonds is 5. The molecule has 0 atom stereocenters. The molecule has 2 amide bonds. The van der Waals surface area contributed by atoms with Crippen LogP contribution in [-0.4, -0.2) is 35.4 Å². The Labute approximate surface area is 201 Å². The van der Waals surface area contributed by atoms with Gasteiger partial charge in [-0.05, 0) is 30.5 Å². The zero-order chi connectivity index (χ0) is 26.5. The van der Waals surface area contributed by atoms with E-state index in [1.165, 1.54) is 16.8 Å². The number of aromatic nitrogens is 2. The highest BCUT2D eigenvalue weighted by Crippen LogP contribution is 2.42. The van der Waals surface area contributed by atoms with Gasteiger partial charge in [0.05, 0.1) is 28.2 Å². The number of carbonyl (C=O) groups is 2. The molecule has 9 nitrogen and oxygen atoms in total. The summed E-state index contributed by atoms with van der Waals surface area (Å²) in [5.74, 6) is -0.800. The van der Waals surface area contributed by atoms with Crippen LogP contribution in [0.25, 0.3) is 11.1 Å². The lowest BCUT2D eigenvalue weighted by Gasteiger charge is -2.31. The number of benzene rings is 1. The van der Waals surface area contributed by atoms with Gasteiger partial charge in [0.1, 0.15) is 5.82 Å². The molecule has 0 bridgehead atoms. The van der Waals surface area contributed by atoms with Gasteiger partial charge in [0.25, 0.3) is 11.5 Å². The minimum Gasteiger partial charge on any atom is -0.368 e. The molecule has 0 spiro atoms. The lowest BCUT2D eigenvalue weighted by Crippen LogP contribution is -2.29. The molecule has 2 aliphatic rings. The Morgan fingerprint density at radius 1 is 1.18 bits per heavy atom. The van der Waals surface area contributed by atoms with Crippen molar-refractivity contribution in [3.8, 4) is 11.1 Å². The largest absolute Gasteiger partial charge is 0.368 e. The zero-order valence-electron chi connectivity index (χ0n) is 21.8. The van der Waals surface area contributed by atoms with Gasteiger partial charge in [0.15, 0.2) is 0 Å². The van der Waals surface area contributed by atoms with Crippen molar-refractivity contribution in [1.29, 1.82) is 0 Å². The maximum atomic E-state index is 13.0. The monoisotopic (exact) mass is 461 g/mol. The average Bonchev–Trinajstić information content (AvgIpc) is 3.66. The summed E-state index contributed by atoms with van der Waals surface area (Å²) in [7, 11) is 3.60. The van der Waals surface area contributed by atoms with Gasteiger partial charge in [-0.3, -0.25) is 14.4 Å². The molecular formula is C25H26N6O3. The highest BCUT2D eigenvalue weighted by Gasteiger charge is 2.30. The molecule has 1 fully saturated rings. The van der Waals surface area contributed by atoms with Crippen molar-refractivity contribution in [1.82, 2.24) is 14.9 Å². The normalized spacial score (nSPS) is 15.8. The number of para-hydroxylation sites is 1. The van der Waals surface area contributed by atoms with E-state index in [4.69, 9.17) is 4.11 Å². The number of carbonyl (C=O) groups excluding carboxylic acids is 2. The second-order valence-corrected chi connectivity index (χ2v) is 8.65. The second kappa shape index (κ2) is 8.33. The van der Waals surface area contributed by atoms with Gasteiger partial charge >= 0.3 is 0 Å². The minimum atomic E-state index is -2.69. The van der Waals surface area contributed by atoms with E-state index in [0.717, 1.165) is 29.7 Å². The predicted molar refractivity (Wildman–Crippen MR) is 131 cm³/mol. The van der Waals surface area contributed by atoms with Crippen molar-refractivity contribution in [3.63, 3.8) is 0 Å². The number of pyridine rings is 2. The van der Waals surface area contributed by atoms with E-state index in [1.807, 2.05) is 35.5 Å². The number of hydrogen-bond acceptors (Lipinski definition) is 6. The molecule has 1 aliphatic carbocycles. The van der Waals surface area contributed by atoms with E-state index >= 15 is 0 Å². The van der Waals surface area contributed by atoms with Gasteiger partial charge in [-0.15, -0.1) is 0 Å². The second-order valence-electron chi connectivity index (χ2n) is 8.65. The third-order valence-electron chi connectivity index (χ3n) is 6.18. The van der Waals surface area contributed by atoms with Crippen LogP contribution in [0.15, 0.2) is 47.5 Å². The predicted octanol–water partition coefficient (Wildman–Crippen LogP) is 2.85. The van der Waals surface area contributed by atoms with Crippen LogP contribution < -0.4 is 26.4 Å². The molecule has 3 N–H and O–H groups in total. The van der Waals surface area contributed by atoms with E-state index in [-0.39, 0.29) is 34.5 Å². The summed E-state index contributed by atoms with van der Waals surface area (Å²) in [6.07, 6.45) is 4.61. The lowest BCUT2D eigenvalue weighted by molar-refractivity contribution is -0.117. The summed E-state index contributed by atoms with van der Waals surface area (Å²) >= 11 is 0. The third-order valence-corrected chi connectivity index (χ3v) is 6.18. The van der Waals surface area contributed by atoms with E-state index in [1.54, 1.807) is 19.3 Å². The Morgan fingerprint density at radius 3 is 2.76 bits per heavy atom. The van der Waals surface area contributed by atoms with Crippen LogP contribution in [0.2, 0.25) is 0 Å². The molecule has 1 aliphatic heterocycles. The third kappa shape index (κ3) is 3.79. The molecule has 3 aromatic rings. The van der Waals surface area contributed by atoms with Crippen molar-refractivity contribution in [2.75, 3.05) is 29.6 Å². The topological polar surface area (TPSA) is 108 Å². The van der Waals surface area contributed by atoms with E-state index < -0.39 is 12.9 Å². The van der Waals surface area contributed by atoms with Crippen LogP contribution >= 0.6 is 0 Å². The molecule has 0 unspecified atom stereocenters.